The maximum absolute atomic E-state index is 5.26. The quantitative estimate of drug-likeness (QED) is 0.849. The molecular weight excluding hydrogens is 256 g/mol. The summed E-state index contributed by atoms with van der Waals surface area (Å²) in [4.78, 5) is 16.3. The van der Waals surface area contributed by atoms with Gasteiger partial charge in [0.1, 0.15) is 4.64 Å². The van der Waals surface area contributed by atoms with Gasteiger partial charge < -0.3 is 4.98 Å². The van der Waals surface area contributed by atoms with Gasteiger partial charge in [-0.15, -0.1) is 0 Å². The van der Waals surface area contributed by atoms with Crippen molar-refractivity contribution >= 4 is 12.2 Å². The van der Waals surface area contributed by atoms with Crippen molar-refractivity contribution in [1.82, 2.24) is 19.9 Å². The lowest BCUT2D eigenvalue weighted by Crippen LogP contribution is -2.02. The highest BCUT2D eigenvalue weighted by atomic mass is 32.1. The second-order valence-corrected chi connectivity index (χ2v) is 5.51. The molecule has 1 aliphatic rings. The van der Waals surface area contributed by atoms with Gasteiger partial charge in [0.15, 0.2) is 11.6 Å². The van der Waals surface area contributed by atoms with E-state index in [0.717, 1.165) is 5.56 Å². The highest BCUT2D eigenvalue weighted by Gasteiger charge is 2.18. The number of nitrogens with one attached hydrogen (secondary N) is 1. The molecule has 1 aliphatic carbocycles. The van der Waals surface area contributed by atoms with Crippen LogP contribution in [0.5, 0.6) is 0 Å². The van der Waals surface area contributed by atoms with E-state index < -0.39 is 0 Å². The van der Waals surface area contributed by atoms with E-state index in [9.17, 15) is 0 Å². The van der Waals surface area contributed by atoms with Gasteiger partial charge in [-0.05, 0) is 37.3 Å². The van der Waals surface area contributed by atoms with Crippen LogP contribution in [0.25, 0.3) is 11.6 Å². The molecule has 0 radical (unpaired) electrons. The molecule has 0 amide bonds. The molecule has 1 fully saturated rings. The summed E-state index contributed by atoms with van der Waals surface area (Å²) in [6, 6.07) is 1.98. The summed E-state index contributed by atoms with van der Waals surface area (Å²) in [7, 11) is 0. The number of hydrogen-bond donors (Lipinski definition) is 1. The Labute approximate surface area is 117 Å². The molecule has 0 unspecified atom stereocenters. The van der Waals surface area contributed by atoms with Crippen molar-refractivity contribution in [2.45, 2.75) is 38.5 Å². The maximum Gasteiger partial charge on any atom is 0.195 e. The zero-order valence-corrected chi connectivity index (χ0v) is 11.7. The molecule has 0 aromatic carbocycles. The van der Waals surface area contributed by atoms with Crippen LogP contribution in [-0.2, 0) is 0 Å². The highest BCUT2D eigenvalue weighted by Crippen LogP contribution is 2.33. The van der Waals surface area contributed by atoms with Gasteiger partial charge in [0.25, 0.3) is 0 Å². The molecule has 98 valence electrons. The van der Waals surface area contributed by atoms with Gasteiger partial charge in [-0.3, -0.25) is 0 Å². The van der Waals surface area contributed by atoms with E-state index in [-0.39, 0.29) is 0 Å². The molecule has 5 heteroatoms. The summed E-state index contributed by atoms with van der Waals surface area (Å²) in [6.45, 7) is 1.97. The van der Waals surface area contributed by atoms with E-state index in [4.69, 9.17) is 12.2 Å². The fourth-order valence-corrected chi connectivity index (χ4v) is 2.77. The van der Waals surface area contributed by atoms with Crippen LogP contribution in [0.1, 0.15) is 42.9 Å². The number of rotatable bonds is 2. The number of hydrogen-bond acceptors (Lipinski definition) is 4. The lowest BCUT2D eigenvalue weighted by molar-refractivity contribution is 0.693. The summed E-state index contributed by atoms with van der Waals surface area (Å²) in [5.74, 6) is 1.86. The average Bonchev–Trinajstić information content (AvgIpc) is 2.93. The van der Waals surface area contributed by atoms with Gasteiger partial charge in [0.2, 0.25) is 0 Å². The lowest BCUT2D eigenvalue weighted by atomic mass is 10.0. The van der Waals surface area contributed by atoms with Crippen LogP contribution in [0.15, 0.2) is 18.5 Å². The van der Waals surface area contributed by atoms with E-state index in [1.807, 2.05) is 13.0 Å². The molecule has 0 atom stereocenters. The highest BCUT2D eigenvalue weighted by molar-refractivity contribution is 7.71. The van der Waals surface area contributed by atoms with Crippen LogP contribution in [0.2, 0.25) is 0 Å². The molecule has 4 nitrogen and oxygen atoms in total. The van der Waals surface area contributed by atoms with Crippen molar-refractivity contribution in [2.24, 2.45) is 0 Å². The number of aryl methyl sites for hydroxylation is 1. The first-order valence-electron chi connectivity index (χ1n) is 6.62. The molecule has 3 rings (SSSR count). The van der Waals surface area contributed by atoms with E-state index in [1.165, 1.54) is 31.4 Å². The minimum absolute atomic E-state index is 0.578. The monoisotopic (exact) mass is 272 g/mol. The van der Waals surface area contributed by atoms with E-state index in [0.29, 0.717) is 22.2 Å². The molecule has 0 aliphatic heterocycles. The predicted molar refractivity (Wildman–Crippen MR) is 76.4 cm³/mol. The molecule has 2 heterocycles. The molecule has 0 bridgehead atoms. The van der Waals surface area contributed by atoms with Crippen LogP contribution in [0.3, 0.4) is 0 Å². The third kappa shape index (κ3) is 2.71. The molecular formula is C14H16N4S. The van der Waals surface area contributed by atoms with Crippen LogP contribution in [-0.4, -0.2) is 19.9 Å². The summed E-state index contributed by atoms with van der Waals surface area (Å²) < 4.78 is 0.611. The number of aromatic amines is 1. The van der Waals surface area contributed by atoms with Crippen LogP contribution < -0.4 is 0 Å². The number of nitrogens with zero attached hydrogens (tertiary/aromatic N) is 3. The van der Waals surface area contributed by atoms with Crippen molar-refractivity contribution in [2.75, 3.05) is 0 Å². The Kier molecular flexibility index (Phi) is 3.38. The minimum atomic E-state index is 0.578. The summed E-state index contributed by atoms with van der Waals surface area (Å²) in [5, 5.41) is 0. The summed E-state index contributed by atoms with van der Waals surface area (Å²) in [5.41, 5.74) is 2.21. The SMILES string of the molecule is Cc1cnc(-c2nc(=S)cc(C3CCCC3)[nH]2)nc1. The zero-order valence-electron chi connectivity index (χ0n) is 10.9. The Hall–Kier alpha value is -1.62. The van der Waals surface area contributed by atoms with Crippen LogP contribution in [0, 0.1) is 11.6 Å². The first-order valence-corrected chi connectivity index (χ1v) is 7.03. The summed E-state index contributed by atoms with van der Waals surface area (Å²) >= 11 is 5.26. The first-order chi connectivity index (χ1) is 9.22. The van der Waals surface area contributed by atoms with Gasteiger partial charge in [-0.25, -0.2) is 15.0 Å². The molecule has 2 aromatic heterocycles. The lowest BCUT2D eigenvalue weighted by Gasteiger charge is -2.10. The Morgan fingerprint density at radius 2 is 1.89 bits per heavy atom. The molecule has 0 saturated heterocycles. The standard InChI is InChI=1S/C14H16N4S/c1-9-7-15-13(16-8-9)14-17-11(6-12(19)18-14)10-4-2-3-5-10/h6-8,10H,2-5H2,1H3,(H,17,18,19). The largest absolute Gasteiger partial charge is 0.340 e. The smallest absolute Gasteiger partial charge is 0.195 e. The van der Waals surface area contributed by atoms with Crippen LogP contribution in [0.4, 0.5) is 0 Å². The normalized spacial score (nSPS) is 15.8. The topological polar surface area (TPSA) is 54.5 Å². The van der Waals surface area contributed by atoms with E-state index >= 15 is 0 Å². The van der Waals surface area contributed by atoms with Crippen molar-refractivity contribution in [3.05, 3.63) is 34.4 Å². The van der Waals surface area contributed by atoms with Gasteiger partial charge in [-0.2, -0.15) is 0 Å². The summed E-state index contributed by atoms with van der Waals surface area (Å²) in [6.07, 6.45) is 8.63. The Bertz CT molecular complexity index is 627. The Morgan fingerprint density at radius 1 is 1.21 bits per heavy atom. The predicted octanol–water partition coefficient (Wildman–Crippen LogP) is 3.56. The van der Waals surface area contributed by atoms with E-state index in [2.05, 4.69) is 19.9 Å². The molecule has 0 spiro atoms. The molecule has 19 heavy (non-hydrogen) atoms. The third-order valence-electron chi connectivity index (χ3n) is 3.55. The maximum atomic E-state index is 5.26. The van der Waals surface area contributed by atoms with Gasteiger partial charge in [0, 0.05) is 18.1 Å². The number of H-pyrrole nitrogens is 1. The van der Waals surface area contributed by atoms with Gasteiger partial charge in [-0.1, -0.05) is 25.1 Å². The van der Waals surface area contributed by atoms with Gasteiger partial charge >= 0.3 is 0 Å². The fraction of sp³-hybridized carbons (Fsp3) is 0.429. The second kappa shape index (κ2) is 5.17. The molecule has 1 N–H and O–H groups in total. The molecule has 1 saturated carbocycles. The zero-order chi connectivity index (χ0) is 13.2. The van der Waals surface area contributed by atoms with Crippen molar-refractivity contribution in [3.63, 3.8) is 0 Å². The number of aromatic nitrogens is 4. The Balaban J connectivity index is 2.01. The van der Waals surface area contributed by atoms with Gasteiger partial charge in [0.05, 0.1) is 0 Å². The van der Waals surface area contributed by atoms with Crippen molar-refractivity contribution in [3.8, 4) is 11.6 Å². The Morgan fingerprint density at radius 3 is 2.58 bits per heavy atom. The third-order valence-corrected chi connectivity index (χ3v) is 3.76. The van der Waals surface area contributed by atoms with Crippen molar-refractivity contribution in [1.29, 1.82) is 0 Å². The van der Waals surface area contributed by atoms with E-state index in [1.54, 1.807) is 12.4 Å². The van der Waals surface area contributed by atoms with Crippen molar-refractivity contribution < 1.29 is 0 Å². The fourth-order valence-electron chi connectivity index (χ4n) is 2.55. The molecule has 2 aromatic rings. The first kappa shape index (κ1) is 12.4. The van der Waals surface area contributed by atoms with Crippen LogP contribution >= 0.6 is 12.2 Å². The second-order valence-electron chi connectivity index (χ2n) is 5.09. The minimum Gasteiger partial charge on any atom is -0.340 e. The average molecular weight is 272 g/mol.